The van der Waals surface area contributed by atoms with Gasteiger partial charge in [0.2, 0.25) is 0 Å². The number of rotatable bonds is 2. The molecule has 1 rings (SSSR count). The Kier molecular flexibility index (Phi) is 2.67. The summed E-state index contributed by atoms with van der Waals surface area (Å²) in [5.74, 6) is 5.65. The monoisotopic (exact) mass is 171 g/mol. The largest absolute Gasteiger partial charge is 0.511 e. The van der Waals surface area contributed by atoms with Gasteiger partial charge in [-0.25, -0.2) is 5.01 Å². The zero-order valence-electron chi connectivity index (χ0n) is 7.03. The molecule has 68 valence electrons. The average Bonchev–Trinajstić information content (AvgIpc) is 2.32. The Morgan fingerprint density at radius 3 is 3.00 bits per heavy atom. The molecule has 0 aromatic carbocycles. The highest BCUT2D eigenvalue weighted by Gasteiger charge is 2.29. The number of hydrazine groups is 1. The first-order valence-electron chi connectivity index (χ1n) is 3.63. The van der Waals surface area contributed by atoms with E-state index < -0.39 is 0 Å². The molecule has 1 heterocycles. The van der Waals surface area contributed by atoms with Crippen LogP contribution in [-0.4, -0.2) is 35.5 Å². The standard InChI is InChI=1S/C7H13N3O2/c1-5(11)7-3-6(9-12-2)4-10(7)8/h7,11H,1,3-4,8H2,2H3/b9-6-. The minimum absolute atomic E-state index is 0.0683. The molecule has 1 fully saturated rings. The van der Waals surface area contributed by atoms with E-state index in [0.717, 1.165) is 5.71 Å². The third-order valence-corrected chi connectivity index (χ3v) is 1.80. The molecular weight excluding hydrogens is 158 g/mol. The Morgan fingerprint density at radius 2 is 2.58 bits per heavy atom. The smallest absolute Gasteiger partial charge is 0.106 e. The molecule has 1 unspecified atom stereocenters. The van der Waals surface area contributed by atoms with E-state index in [-0.39, 0.29) is 11.8 Å². The SMILES string of the molecule is C=C(O)C1C/C(=N/OC)CN1N. The summed E-state index contributed by atoms with van der Waals surface area (Å²) in [7, 11) is 1.48. The zero-order valence-corrected chi connectivity index (χ0v) is 7.03. The Labute approximate surface area is 71.1 Å². The fraction of sp³-hybridized carbons (Fsp3) is 0.571. The molecule has 1 saturated heterocycles. The van der Waals surface area contributed by atoms with Crippen LogP contribution in [-0.2, 0) is 4.84 Å². The molecule has 0 spiro atoms. The van der Waals surface area contributed by atoms with E-state index in [1.165, 1.54) is 12.1 Å². The van der Waals surface area contributed by atoms with Crippen molar-refractivity contribution in [2.24, 2.45) is 11.0 Å². The van der Waals surface area contributed by atoms with E-state index in [9.17, 15) is 0 Å². The highest BCUT2D eigenvalue weighted by Crippen LogP contribution is 2.16. The van der Waals surface area contributed by atoms with Gasteiger partial charge in [-0.15, -0.1) is 0 Å². The quantitative estimate of drug-likeness (QED) is 0.349. The van der Waals surface area contributed by atoms with Gasteiger partial charge in [-0.2, -0.15) is 0 Å². The Morgan fingerprint density at radius 1 is 1.92 bits per heavy atom. The van der Waals surface area contributed by atoms with Gasteiger partial charge in [0.25, 0.3) is 0 Å². The van der Waals surface area contributed by atoms with E-state index in [1.54, 1.807) is 0 Å². The van der Waals surface area contributed by atoms with Gasteiger partial charge in [-0.1, -0.05) is 11.7 Å². The van der Waals surface area contributed by atoms with Crippen LogP contribution in [0.15, 0.2) is 17.5 Å². The van der Waals surface area contributed by atoms with E-state index in [4.69, 9.17) is 10.9 Å². The van der Waals surface area contributed by atoms with Gasteiger partial charge >= 0.3 is 0 Å². The summed E-state index contributed by atoms with van der Waals surface area (Å²) >= 11 is 0. The van der Waals surface area contributed by atoms with Crippen LogP contribution < -0.4 is 5.84 Å². The summed E-state index contributed by atoms with van der Waals surface area (Å²) in [6.45, 7) is 3.93. The topological polar surface area (TPSA) is 71.1 Å². The van der Waals surface area contributed by atoms with Crippen LogP contribution >= 0.6 is 0 Å². The second kappa shape index (κ2) is 3.55. The third-order valence-electron chi connectivity index (χ3n) is 1.80. The summed E-state index contributed by atoms with van der Waals surface area (Å²) in [6.07, 6.45) is 0.583. The van der Waals surface area contributed by atoms with Crippen LogP contribution in [0.4, 0.5) is 0 Å². The summed E-state index contributed by atoms with van der Waals surface area (Å²) in [6, 6.07) is -0.223. The summed E-state index contributed by atoms with van der Waals surface area (Å²) in [5.41, 5.74) is 0.820. The number of hydrogen-bond donors (Lipinski definition) is 2. The molecule has 0 amide bonds. The number of aliphatic hydroxyl groups is 1. The first-order valence-corrected chi connectivity index (χ1v) is 3.63. The first kappa shape index (κ1) is 9.02. The summed E-state index contributed by atoms with van der Waals surface area (Å²) in [4.78, 5) is 4.60. The minimum atomic E-state index is -0.223. The fourth-order valence-electron chi connectivity index (χ4n) is 1.23. The predicted molar refractivity (Wildman–Crippen MR) is 45.5 cm³/mol. The van der Waals surface area contributed by atoms with Gasteiger partial charge in [0.15, 0.2) is 0 Å². The van der Waals surface area contributed by atoms with Crippen molar-refractivity contribution in [3.63, 3.8) is 0 Å². The van der Waals surface area contributed by atoms with Crippen LogP contribution in [0.2, 0.25) is 0 Å². The van der Waals surface area contributed by atoms with Crippen molar-refractivity contribution in [1.82, 2.24) is 5.01 Å². The number of nitrogens with two attached hydrogens (primary N) is 1. The summed E-state index contributed by atoms with van der Waals surface area (Å²) in [5, 5.41) is 14.3. The van der Waals surface area contributed by atoms with Gasteiger partial charge in [0.05, 0.1) is 18.3 Å². The number of hydrogen-bond acceptors (Lipinski definition) is 5. The molecule has 5 nitrogen and oxygen atoms in total. The van der Waals surface area contributed by atoms with Gasteiger partial charge in [0.1, 0.15) is 12.9 Å². The van der Waals surface area contributed by atoms with Gasteiger partial charge < -0.3 is 9.94 Å². The van der Waals surface area contributed by atoms with Gasteiger partial charge in [-0.05, 0) is 0 Å². The molecule has 0 aliphatic carbocycles. The first-order chi connectivity index (χ1) is 5.65. The molecule has 0 bridgehead atoms. The molecule has 3 N–H and O–H groups in total. The van der Waals surface area contributed by atoms with Crippen molar-refractivity contribution in [2.75, 3.05) is 13.7 Å². The van der Waals surface area contributed by atoms with E-state index >= 15 is 0 Å². The van der Waals surface area contributed by atoms with Crippen LogP contribution in [0.1, 0.15) is 6.42 Å². The van der Waals surface area contributed by atoms with E-state index in [2.05, 4.69) is 16.6 Å². The third kappa shape index (κ3) is 1.75. The van der Waals surface area contributed by atoms with Gasteiger partial charge in [-0.3, -0.25) is 5.84 Å². The average molecular weight is 171 g/mol. The lowest BCUT2D eigenvalue weighted by molar-refractivity contribution is 0.211. The second-order valence-electron chi connectivity index (χ2n) is 2.72. The lowest BCUT2D eigenvalue weighted by Crippen LogP contribution is -2.36. The molecule has 0 radical (unpaired) electrons. The second-order valence-corrected chi connectivity index (χ2v) is 2.72. The van der Waals surface area contributed by atoms with Crippen LogP contribution in [0.5, 0.6) is 0 Å². The molecular formula is C7H13N3O2. The molecule has 1 aliphatic heterocycles. The van der Waals surface area contributed by atoms with Crippen molar-refractivity contribution < 1.29 is 9.94 Å². The normalized spacial score (nSPS) is 27.8. The fourth-order valence-corrected chi connectivity index (χ4v) is 1.23. The maximum Gasteiger partial charge on any atom is 0.106 e. The van der Waals surface area contributed by atoms with Crippen molar-refractivity contribution in [2.45, 2.75) is 12.5 Å². The molecule has 0 aromatic heterocycles. The zero-order chi connectivity index (χ0) is 9.14. The van der Waals surface area contributed by atoms with Crippen LogP contribution in [0.3, 0.4) is 0 Å². The maximum atomic E-state index is 9.10. The minimum Gasteiger partial charge on any atom is -0.511 e. The van der Waals surface area contributed by atoms with Crippen molar-refractivity contribution in [3.8, 4) is 0 Å². The van der Waals surface area contributed by atoms with Crippen molar-refractivity contribution >= 4 is 5.71 Å². The number of nitrogens with zero attached hydrogens (tertiary/aromatic N) is 2. The molecule has 0 aromatic rings. The molecule has 12 heavy (non-hydrogen) atoms. The predicted octanol–water partition coefficient (Wildman–Crippen LogP) is 0.00850. The number of aliphatic hydroxyl groups excluding tert-OH is 1. The molecule has 0 saturated carbocycles. The van der Waals surface area contributed by atoms with Crippen molar-refractivity contribution in [1.29, 1.82) is 0 Å². The van der Waals surface area contributed by atoms with Crippen molar-refractivity contribution in [3.05, 3.63) is 12.3 Å². The highest BCUT2D eigenvalue weighted by molar-refractivity contribution is 5.88. The van der Waals surface area contributed by atoms with Gasteiger partial charge in [0, 0.05) is 6.42 Å². The van der Waals surface area contributed by atoms with E-state index in [0.29, 0.717) is 13.0 Å². The maximum absolute atomic E-state index is 9.10. The lowest BCUT2D eigenvalue weighted by Gasteiger charge is -2.15. The lowest BCUT2D eigenvalue weighted by atomic mass is 10.2. The Hall–Kier alpha value is -1.07. The molecule has 1 aliphatic rings. The Balaban J connectivity index is 2.62. The van der Waals surface area contributed by atoms with Crippen LogP contribution in [0.25, 0.3) is 0 Å². The highest BCUT2D eigenvalue weighted by atomic mass is 16.6. The molecule has 1 atom stereocenters. The van der Waals surface area contributed by atoms with Crippen LogP contribution in [0, 0.1) is 0 Å². The summed E-state index contributed by atoms with van der Waals surface area (Å²) < 4.78 is 0. The Bertz CT molecular complexity index is 215. The van der Waals surface area contributed by atoms with E-state index in [1.807, 2.05) is 0 Å². The number of oxime groups is 1. The molecule has 5 heteroatoms.